The quantitative estimate of drug-likeness (QED) is 0.784. The molecule has 0 saturated carbocycles. The standard InChI is InChI=1S/C16H16ClN3O3/c1-2-19-7-11(15(21)14-12(19)3-4-13(17)18-14)16(22)20-6-10-5-9(20)8-23-10/h3-4,7,9-10H,2,5-6,8H2,1H3/t9-,10-/m0/s1. The van der Waals surface area contributed by atoms with Gasteiger partial charge in [-0.1, -0.05) is 11.6 Å². The van der Waals surface area contributed by atoms with Gasteiger partial charge in [-0.25, -0.2) is 4.98 Å². The molecule has 2 atom stereocenters. The lowest BCUT2D eigenvalue weighted by molar-refractivity contribution is 0.0258. The molecule has 2 bridgehead atoms. The Labute approximate surface area is 137 Å². The second kappa shape index (κ2) is 5.32. The van der Waals surface area contributed by atoms with Crippen LogP contribution in [-0.2, 0) is 11.3 Å². The first kappa shape index (κ1) is 14.7. The lowest BCUT2D eigenvalue weighted by atomic mass is 10.1. The summed E-state index contributed by atoms with van der Waals surface area (Å²) in [5, 5.41) is 0.246. The minimum atomic E-state index is -0.360. The smallest absolute Gasteiger partial charge is 0.259 e. The third-order valence-corrected chi connectivity index (χ3v) is 4.84. The summed E-state index contributed by atoms with van der Waals surface area (Å²) in [5.74, 6) is -0.239. The van der Waals surface area contributed by atoms with E-state index in [1.807, 2.05) is 11.5 Å². The zero-order chi connectivity index (χ0) is 16.1. The van der Waals surface area contributed by atoms with Crippen LogP contribution in [0.25, 0.3) is 11.0 Å². The molecular weight excluding hydrogens is 318 g/mol. The maximum absolute atomic E-state index is 12.9. The van der Waals surface area contributed by atoms with E-state index in [9.17, 15) is 9.59 Å². The van der Waals surface area contributed by atoms with Crippen LogP contribution in [-0.4, -0.2) is 45.7 Å². The van der Waals surface area contributed by atoms with Crippen LogP contribution in [0.5, 0.6) is 0 Å². The Morgan fingerprint density at radius 1 is 1.48 bits per heavy atom. The molecule has 4 heterocycles. The van der Waals surface area contributed by atoms with Crippen molar-refractivity contribution in [1.29, 1.82) is 0 Å². The molecule has 1 amide bonds. The number of amides is 1. The summed E-state index contributed by atoms with van der Waals surface area (Å²) in [6.45, 7) is 3.69. The Kier molecular flexibility index (Phi) is 3.39. The molecule has 6 nitrogen and oxygen atoms in total. The van der Waals surface area contributed by atoms with Crippen LogP contribution in [0.1, 0.15) is 23.7 Å². The summed E-state index contributed by atoms with van der Waals surface area (Å²) >= 11 is 5.93. The van der Waals surface area contributed by atoms with E-state index in [0.717, 1.165) is 6.42 Å². The normalized spacial score (nSPS) is 23.0. The molecule has 0 unspecified atom stereocenters. The third-order valence-electron chi connectivity index (χ3n) is 4.63. The molecule has 2 aliphatic rings. The zero-order valence-corrected chi connectivity index (χ0v) is 13.4. The Morgan fingerprint density at radius 2 is 2.30 bits per heavy atom. The van der Waals surface area contributed by atoms with Crippen LogP contribution >= 0.6 is 11.6 Å². The molecule has 2 aromatic rings. The molecule has 23 heavy (non-hydrogen) atoms. The highest BCUT2D eigenvalue weighted by molar-refractivity contribution is 6.29. The van der Waals surface area contributed by atoms with Crippen LogP contribution in [0.15, 0.2) is 23.1 Å². The molecule has 4 rings (SSSR count). The first-order valence-corrected chi connectivity index (χ1v) is 8.08. The van der Waals surface area contributed by atoms with Gasteiger partial charge in [0.05, 0.1) is 24.3 Å². The largest absolute Gasteiger partial charge is 0.374 e. The maximum atomic E-state index is 12.9. The fourth-order valence-electron chi connectivity index (χ4n) is 3.46. The number of morpholine rings is 1. The van der Waals surface area contributed by atoms with Gasteiger partial charge < -0.3 is 14.2 Å². The van der Waals surface area contributed by atoms with E-state index in [0.29, 0.717) is 25.2 Å². The van der Waals surface area contributed by atoms with Gasteiger partial charge in [-0.3, -0.25) is 9.59 Å². The number of hydrogen-bond acceptors (Lipinski definition) is 4. The molecule has 0 aliphatic carbocycles. The van der Waals surface area contributed by atoms with E-state index >= 15 is 0 Å². The first-order chi connectivity index (χ1) is 11.1. The average molecular weight is 334 g/mol. The number of nitrogens with zero attached hydrogens (tertiary/aromatic N) is 3. The van der Waals surface area contributed by atoms with E-state index in [2.05, 4.69) is 4.98 Å². The fourth-order valence-corrected chi connectivity index (χ4v) is 3.60. The van der Waals surface area contributed by atoms with Crippen molar-refractivity contribution in [1.82, 2.24) is 14.5 Å². The van der Waals surface area contributed by atoms with Gasteiger partial charge in [0.1, 0.15) is 16.2 Å². The van der Waals surface area contributed by atoms with E-state index in [-0.39, 0.29) is 39.7 Å². The highest BCUT2D eigenvalue weighted by Gasteiger charge is 2.42. The molecule has 7 heteroatoms. The van der Waals surface area contributed by atoms with Crippen molar-refractivity contribution in [2.45, 2.75) is 32.0 Å². The SMILES string of the molecule is CCn1cc(C(=O)N2C[C@@H]3C[C@H]2CO3)c(=O)c2nc(Cl)ccc21. The number of carbonyl (C=O) groups is 1. The fraction of sp³-hybridized carbons (Fsp3) is 0.438. The van der Waals surface area contributed by atoms with Crippen molar-refractivity contribution >= 4 is 28.5 Å². The topological polar surface area (TPSA) is 64.4 Å². The summed E-state index contributed by atoms with van der Waals surface area (Å²) in [7, 11) is 0. The number of fused-ring (bicyclic) bond motifs is 3. The first-order valence-electron chi connectivity index (χ1n) is 7.70. The van der Waals surface area contributed by atoms with Crippen molar-refractivity contribution in [3.8, 4) is 0 Å². The average Bonchev–Trinajstić information content (AvgIpc) is 3.18. The maximum Gasteiger partial charge on any atom is 0.259 e. The van der Waals surface area contributed by atoms with Crippen molar-refractivity contribution < 1.29 is 9.53 Å². The highest BCUT2D eigenvalue weighted by atomic mass is 35.5. The predicted molar refractivity (Wildman–Crippen MR) is 85.9 cm³/mol. The van der Waals surface area contributed by atoms with E-state index < -0.39 is 0 Å². The van der Waals surface area contributed by atoms with Gasteiger partial charge in [0.15, 0.2) is 0 Å². The number of carbonyl (C=O) groups excluding carboxylic acids is 1. The highest BCUT2D eigenvalue weighted by Crippen LogP contribution is 2.29. The molecule has 0 aromatic carbocycles. The second-order valence-electron chi connectivity index (χ2n) is 5.96. The minimum absolute atomic E-state index is 0.0741. The summed E-state index contributed by atoms with van der Waals surface area (Å²) < 4.78 is 7.38. The van der Waals surface area contributed by atoms with Crippen LogP contribution in [0.2, 0.25) is 5.15 Å². The van der Waals surface area contributed by atoms with Crippen molar-refractivity contribution in [3.05, 3.63) is 39.3 Å². The molecule has 0 radical (unpaired) electrons. The number of halogens is 1. The Hall–Kier alpha value is -1.92. The summed E-state index contributed by atoms with van der Waals surface area (Å²) in [4.78, 5) is 31.5. The molecule has 2 aromatic heterocycles. The van der Waals surface area contributed by atoms with Gasteiger partial charge in [-0.2, -0.15) is 0 Å². The van der Waals surface area contributed by atoms with Gasteiger partial charge in [0.2, 0.25) is 5.43 Å². The lowest BCUT2D eigenvalue weighted by Gasteiger charge is -2.27. The van der Waals surface area contributed by atoms with Crippen molar-refractivity contribution in [2.75, 3.05) is 13.2 Å². The monoisotopic (exact) mass is 333 g/mol. The number of pyridine rings is 2. The van der Waals surface area contributed by atoms with E-state index in [1.165, 1.54) is 0 Å². The minimum Gasteiger partial charge on any atom is -0.374 e. The third kappa shape index (κ3) is 2.24. The van der Waals surface area contributed by atoms with Gasteiger partial charge in [0, 0.05) is 19.3 Å². The summed E-state index contributed by atoms with van der Waals surface area (Å²) in [5.41, 5.74) is 0.720. The van der Waals surface area contributed by atoms with Gasteiger partial charge in [0.25, 0.3) is 5.91 Å². The van der Waals surface area contributed by atoms with Gasteiger partial charge in [-0.05, 0) is 25.5 Å². The molecule has 0 spiro atoms. The Morgan fingerprint density at radius 3 is 2.96 bits per heavy atom. The summed E-state index contributed by atoms with van der Waals surface area (Å²) in [6.07, 6.45) is 2.59. The molecule has 2 aliphatic heterocycles. The van der Waals surface area contributed by atoms with E-state index in [4.69, 9.17) is 16.3 Å². The van der Waals surface area contributed by atoms with Crippen molar-refractivity contribution in [3.63, 3.8) is 0 Å². The lowest BCUT2D eigenvalue weighted by Crippen LogP contribution is -2.43. The Bertz CT molecular complexity index is 864. The number of rotatable bonds is 2. The van der Waals surface area contributed by atoms with Crippen molar-refractivity contribution in [2.24, 2.45) is 0 Å². The van der Waals surface area contributed by atoms with Crippen LogP contribution in [0.4, 0.5) is 0 Å². The number of aromatic nitrogens is 2. The number of likely N-dealkylation sites (tertiary alicyclic amines) is 1. The molecule has 0 N–H and O–H groups in total. The number of aryl methyl sites for hydroxylation is 1. The molecule has 2 fully saturated rings. The molecule has 2 saturated heterocycles. The molecular formula is C16H16ClN3O3. The van der Waals surface area contributed by atoms with Crippen LogP contribution in [0.3, 0.4) is 0 Å². The predicted octanol–water partition coefficient (Wildman–Crippen LogP) is 1.68. The Balaban J connectivity index is 1.85. The summed E-state index contributed by atoms with van der Waals surface area (Å²) in [6, 6.07) is 3.48. The van der Waals surface area contributed by atoms with Gasteiger partial charge >= 0.3 is 0 Å². The van der Waals surface area contributed by atoms with E-state index in [1.54, 1.807) is 23.2 Å². The van der Waals surface area contributed by atoms with Crippen LogP contribution in [0, 0.1) is 0 Å². The zero-order valence-electron chi connectivity index (χ0n) is 12.7. The van der Waals surface area contributed by atoms with Crippen LogP contribution < -0.4 is 5.43 Å². The second-order valence-corrected chi connectivity index (χ2v) is 6.35. The molecule has 120 valence electrons. The number of ether oxygens (including phenoxy) is 1. The van der Waals surface area contributed by atoms with Gasteiger partial charge in [-0.15, -0.1) is 0 Å². The number of hydrogen-bond donors (Lipinski definition) is 0.